The maximum Gasteiger partial charge on any atom is 0.123 e. The molecule has 2 nitrogen and oxygen atoms in total. The first kappa shape index (κ1) is 8.97. The van der Waals surface area contributed by atoms with Crippen LogP contribution in [0.25, 0.3) is 16.6 Å². The Bertz CT molecular complexity index is 448. The molecule has 2 rings (SSSR count). The molecule has 1 heterocycles. The van der Waals surface area contributed by atoms with E-state index in [2.05, 4.69) is 11.6 Å². The maximum atomic E-state index is 9.30. The molecule has 0 unspecified atom stereocenters. The van der Waals surface area contributed by atoms with Gasteiger partial charge in [-0.05, 0) is 23.8 Å². The molecule has 14 heavy (non-hydrogen) atoms. The lowest BCUT2D eigenvalue weighted by molar-refractivity contribution is 0.475. The fourth-order valence-electron chi connectivity index (χ4n) is 1.27. The highest BCUT2D eigenvalue weighted by molar-refractivity contribution is 7.13. The molecular formula is C11H9NOS. The summed E-state index contributed by atoms with van der Waals surface area (Å²) < 4.78 is 0. The molecule has 0 bridgehead atoms. The molecule has 0 radical (unpaired) electrons. The third-order valence-electron chi connectivity index (χ3n) is 1.92. The number of hydrogen-bond acceptors (Lipinski definition) is 3. The lowest BCUT2D eigenvalue weighted by Gasteiger charge is -2.02. The predicted molar refractivity (Wildman–Crippen MR) is 59.3 cm³/mol. The lowest BCUT2D eigenvalue weighted by Crippen LogP contribution is -1.81. The highest BCUT2D eigenvalue weighted by atomic mass is 32.1. The van der Waals surface area contributed by atoms with Gasteiger partial charge in [0.25, 0.3) is 0 Å². The van der Waals surface area contributed by atoms with Crippen molar-refractivity contribution in [3.8, 4) is 16.3 Å². The van der Waals surface area contributed by atoms with Gasteiger partial charge < -0.3 is 5.11 Å². The van der Waals surface area contributed by atoms with Crippen LogP contribution in [0.2, 0.25) is 0 Å². The topological polar surface area (TPSA) is 33.1 Å². The summed E-state index contributed by atoms with van der Waals surface area (Å²) in [6.07, 6.45) is 3.48. The fraction of sp³-hybridized carbons (Fsp3) is 0. The maximum absolute atomic E-state index is 9.30. The Hall–Kier alpha value is -1.61. The molecule has 1 aromatic carbocycles. The van der Waals surface area contributed by atoms with Crippen LogP contribution in [0, 0.1) is 0 Å². The van der Waals surface area contributed by atoms with E-state index in [9.17, 15) is 5.11 Å². The van der Waals surface area contributed by atoms with Gasteiger partial charge in [-0.25, -0.2) is 4.98 Å². The SMILES string of the molecule is C=Cc1cc(O)ccc1-c1nccs1. The molecule has 0 aliphatic heterocycles. The molecule has 70 valence electrons. The van der Waals surface area contributed by atoms with E-state index in [-0.39, 0.29) is 5.75 Å². The van der Waals surface area contributed by atoms with Gasteiger partial charge in [0.05, 0.1) is 0 Å². The minimum Gasteiger partial charge on any atom is -0.508 e. The van der Waals surface area contributed by atoms with E-state index in [4.69, 9.17) is 0 Å². The summed E-state index contributed by atoms with van der Waals surface area (Å²) in [4.78, 5) is 4.21. The van der Waals surface area contributed by atoms with Gasteiger partial charge in [0.1, 0.15) is 10.8 Å². The Labute approximate surface area is 86.2 Å². The summed E-state index contributed by atoms with van der Waals surface area (Å²) in [6, 6.07) is 5.19. The van der Waals surface area contributed by atoms with E-state index >= 15 is 0 Å². The van der Waals surface area contributed by atoms with Crippen LogP contribution in [0.15, 0.2) is 36.4 Å². The number of aromatic hydroxyl groups is 1. The normalized spacial score (nSPS) is 10.0. The number of benzene rings is 1. The van der Waals surface area contributed by atoms with Crippen molar-refractivity contribution in [2.45, 2.75) is 0 Å². The van der Waals surface area contributed by atoms with Crippen molar-refractivity contribution in [1.82, 2.24) is 4.98 Å². The number of thiazole rings is 1. The molecule has 0 aliphatic rings. The Kier molecular flexibility index (Phi) is 2.33. The van der Waals surface area contributed by atoms with Crippen LogP contribution in [0.3, 0.4) is 0 Å². The van der Waals surface area contributed by atoms with Gasteiger partial charge >= 0.3 is 0 Å². The first-order chi connectivity index (χ1) is 6.81. The molecular weight excluding hydrogens is 194 g/mol. The van der Waals surface area contributed by atoms with E-state index in [0.29, 0.717) is 0 Å². The molecule has 0 saturated heterocycles. The third kappa shape index (κ3) is 1.54. The van der Waals surface area contributed by atoms with E-state index in [0.717, 1.165) is 16.1 Å². The first-order valence-electron chi connectivity index (χ1n) is 4.16. The monoisotopic (exact) mass is 203 g/mol. The van der Waals surface area contributed by atoms with Gasteiger partial charge in [-0.15, -0.1) is 11.3 Å². The summed E-state index contributed by atoms with van der Waals surface area (Å²) >= 11 is 1.57. The van der Waals surface area contributed by atoms with Crippen LogP contribution >= 0.6 is 11.3 Å². The summed E-state index contributed by atoms with van der Waals surface area (Å²) in [7, 11) is 0. The molecule has 0 aliphatic carbocycles. The Balaban J connectivity index is 2.58. The molecule has 0 spiro atoms. The number of rotatable bonds is 2. The summed E-state index contributed by atoms with van der Waals surface area (Å²) in [5.41, 5.74) is 1.91. The van der Waals surface area contributed by atoms with Crippen LogP contribution < -0.4 is 0 Å². The Morgan fingerprint density at radius 1 is 1.43 bits per heavy atom. The second-order valence-corrected chi connectivity index (χ2v) is 3.71. The average molecular weight is 203 g/mol. The van der Waals surface area contributed by atoms with E-state index < -0.39 is 0 Å². The van der Waals surface area contributed by atoms with E-state index in [1.165, 1.54) is 0 Å². The number of phenols is 1. The van der Waals surface area contributed by atoms with Crippen LogP contribution in [0.5, 0.6) is 5.75 Å². The highest BCUT2D eigenvalue weighted by Crippen LogP contribution is 2.28. The van der Waals surface area contributed by atoms with Crippen LogP contribution in [-0.2, 0) is 0 Å². The Morgan fingerprint density at radius 2 is 2.29 bits per heavy atom. The number of hydrogen-bond donors (Lipinski definition) is 1. The number of nitrogens with zero attached hydrogens (tertiary/aromatic N) is 1. The first-order valence-corrected chi connectivity index (χ1v) is 5.04. The van der Waals surface area contributed by atoms with Crippen molar-refractivity contribution in [2.24, 2.45) is 0 Å². The quantitative estimate of drug-likeness (QED) is 0.813. The summed E-state index contributed by atoms with van der Waals surface area (Å²) in [6.45, 7) is 3.71. The third-order valence-corrected chi connectivity index (χ3v) is 2.72. The summed E-state index contributed by atoms with van der Waals surface area (Å²) in [5, 5.41) is 12.2. The highest BCUT2D eigenvalue weighted by Gasteiger charge is 2.05. The van der Waals surface area contributed by atoms with Crippen molar-refractivity contribution >= 4 is 17.4 Å². The van der Waals surface area contributed by atoms with Crippen LogP contribution in [-0.4, -0.2) is 10.1 Å². The smallest absolute Gasteiger partial charge is 0.123 e. The second kappa shape index (κ2) is 3.64. The van der Waals surface area contributed by atoms with E-state index in [1.54, 1.807) is 35.7 Å². The standard InChI is InChI=1S/C11H9NOS/c1-2-8-7-9(13)3-4-10(8)11-12-5-6-14-11/h2-7,13H,1H2. The molecule has 0 amide bonds. The number of phenolic OH excluding ortho intramolecular Hbond substituents is 1. The molecule has 0 fully saturated rings. The van der Waals surface area contributed by atoms with Gasteiger partial charge in [-0.2, -0.15) is 0 Å². The van der Waals surface area contributed by atoms with Gasteiger partial charge in [0.2, 0.25) is 0 Å². The van der Waals surface area contributed by atoms with Crippen molar-refractivity contribution in [2.75, 3.05) is 0 Å². The zero-order valence-corrected chi connectivity index (χ0v) is 8.29. The molecule has 2 aromatic rings. The molecule has 1 N–H and O–H groups in total. The average Bonchev–Trinajstić information content (AvgIpc) is 2.70. The summed E-state index contributed by atoms with van der Waals surface area (Å²) in [5.74, 6) is 0.250. The van der Waals surface area contributed by atoms with Gasteiger partial charge in [-0.3, -0.25) is 0 Å². The Morgan fingerprint density at radius 3 is 2.93 bits per heavy atom. The van der Waals surface area contributed by atoms with Gasteiger partial charge in [-0.1, -0.05) is 12.7 Å². The number of aromatic nitrogens is 1. The van der Waals surface area contributed by atoms with Crippen molar-refractivity contribution < 1.29 is 5.11 Å². The van der Waals surface area contributed by atoms with Crippen LogP contribution in [0.4, 0.5) is 0 Å². The van der Waals surface area contributed by atoms with E-state index in [1.807, 2.05) is 11.4 Å². The lowest BCUT2D eigenvalue weighted by atomic mass is 10.1. The minimum atomic E-state index is 0.250. The zero-order valence-electron chi connectivity index (χ0n) is 7.47. The molecule has 1 aromatic heterocycles. The van der Waals surface area contributed by atoms with Gasteiger partial charge in [0.15, 0.2) is 0 Å². The minimum absolute atomic E-state index is 0.250. The molecule has 0 atom stereocenters. The van der Waals surface area contributed by atoms with Crippen molar-refractivity contribution in [3.63, 3.8) is 0 Å². The molecule has 3 heteroatoms. The van der Waals surface area contributed by atoms with Gasteiger partial charge in [0, 0.05) is 17.1 Å². The largest absolute Gasteiger partial charge is 0.508 e. The second-order valence-electron chi connectivity index (χ2n) is 2.81. The van der Waals surface area contributed by atoms with Crippen LogP contribution in [0.1, 0.15) is 5.56 Å². The molecule has 0 saturated carbocycles. The van der Waals surface area contributed by atoms with Crippen molar-refractivity contribution in [3.05, 3.63) is 41.9 Å². The fourth-order valence-corrected chi connectivity index (χ4v) is 1.96. The zero-order chi connectivity index (χ0) is 9.97. The van der Waals surface area contributed by atoms with Crippen molar-refractivity contribution in [1.29, 1.82) is 0 Å². The predicted octanol–water partition coefficient (Wildman–Crippen LogP) is 3.16.